The molecule has 2 rings (SSSR count). The summed E-state index contributed by atoms with van der Waals surface area (Å²) < 4.78 is 14.8. The number of hydrogen-bond acceptors (Lipinski definition) is 3. The molecule has 0 aliphatic rings. The Morgan fingerprint density at radius 3 is 2.55 bits per heavy atom. The highest BCUT2D eigenvalue weighted by Gasteiger charge is 2.13. The van der Waals surface area contributed by atoms with Crippen LogP contribution in [0.3, 0.4) is 0 Å². The second-order valence-electron chi connectivity index (χ2n) is 5.44. The second kappa shape index (κ2) is 8.28. The fourth-order valence-electron chi connectivity index (χ4n) is 2.43. The summed E-state index contributed by atoms with van der Waals surface area (Å²) in [7, 11) is 0. The number of benzene rings is 1. The molecular formula is C17H21FN4. The maximum absolute atomic E-state index is 13.0. The van der Waals surface area contributed by atoms with Gasteiger partial charge in [0.15, 0.2) is 5.69 Å². The lowest BCUT2D eigenvalue weighted by molar-refractivity contribution is 0.509. The Balaban J connectivity index is 2.03. The highest BCUT2D eigenvalue weighted by Crippen LogP contribution is 2.14. The molecule has 1 aromatic carbocycles. The molecule has 0 fully saturated rings. The van der Waals surface area contributed by atoms with Crippen LogP contribution in [-0.2, 0) is 13.0 Å². The molecule has 2 aromatic rings. The Labute approximate surface area is 130 Å². The van der Waals surface area contributed by atoms with Crippen molar-refractivity contribution in [1.82, 2.24) is 15.0 Å². The van der Waals surface area contributed by atoms with Crippen molar-refractivity contribution in [3.05, 3.63) is 47.0 Å². The Bertz CT molecular complexity index is 625. The van der Waals surface area contributed by atoms with Crippen LogP contribution in [-0.4, -0.2) is 15.0 Å². The molecule has 22 heavy (non-hydrogen) atoms. The zero-order valence-corrected chi connectivity index (χ0v) is 12.9. The van der Waals surface area contributed by atoms with E-state index in [1.54, 1.807) is 12.1 Å². The maximum Gasteiger partial charge on any atom is 0.186 e. The van der Waals surface area contributed by atoms with Crippen molar-refractivity contribution in [3.63, 3.8) is 0 Å². The monoisotopic (exact) mass is 300 g/mol. The van der Waals surface area contributed by atoms with Gasteiger partial charge in [-0.25, -0.2) is 9.07 Å². The van der Waals surface area contributed by atoms with Gasteiger partial charge in [0.05, 0.1) is 5.69 Å². The van der Waals surface area contributed by atoms with Crippen LogP contribution in [0, 0.1) is 17.1 Å². The summed E-state index contributed by atoms with van der Waals surface area (Å²) in [4.78, 5) is 0. The molecular weight excluding hydrogens is 279 g/mol. The van der Waals surface area contributed by atoms with Crippen molar-refractivity contribution in [2.45, 2.75) is 52.0 Å². The van der Waals surface area contributed by atoms with Crippen molar-refractivity contribution >= 4 is 0 Å². The minimum atomic E-state index is -0.258. The molecule has 0 saturated carbocycles. The maximum atomic E-state index is 13.0. The molecule has 0 aliphatic carbocycles. The number of nitrogens with zero attached hydrogens (tertiary/aromatic N) is 4. The van der Waals surface area contributed by atoms with Crippen LogP contribution < -0.4 is 0 Å². The van der Waals surface area contributed by atoms with Crippen LogP contribution >= 0.6 is 0 Å². The van der Waals surface area contributed by atoms with E-state index in [1.165, 1.54) is 31.4 Å². The van der Waals surface area contributed by atoms with E-state index in [9.17, 15) is 4.39 Å². The zero-order valence-electron chi connectivity index (χ0n) is 12.9. The lowest BCUT2D eigenvalue weighted by Gasteiger charge is -2.07. The first-order valence-electron chi connectivity index (χ1n) is 7.81. The van der Waals surface area contributed by atoms with Crippen LogP contribution in [0.25, 0.3) is 0 Å². The molecule has 0 bridgehead atoms. The molecule has 1 heterocycles. The summed E-state index contributed by atoms with van der Waals surface area (Å²) in [5, 5.41) is 17.2. The summed E-state index contributed by atoms with van der Waals surface area (Å²) in [6.45, 7) is 2.96. The van der Waals surface area contributed by atoms with E-state index in [-0.39, 0.29) is 5.82 Å². The first kappa shape index (κ1) is 16.2. The van der Waals surface area contributed by atoms with Crippen LogP contribution in [0.2, 0.25) is 0 Å². The normalized spacial score (nSPS) is 10.6. The molecule has 0 atom stereocenters. The van der Waals surface area contributed by atoms with E-state index >= 15 is 0 Å². The smallest absolute Gasteiger partial charge is 0.186 e. The van der Waals surface area contributed by atoms with Crippen LogP contribution in [0.4, 0.5) is 4.39 Å². The van der Waals surface area contributed by atoms with E-state index in [0.29, 0.717) is 12.1 Å². The number of unbranched alkanes of at least 4 members (excludes halogenated alkanes) is 4. The third-order valence-electron chi connectivity index (χ3n) is 3.70. The second-order valence-corrected chi connectivity index (χ2v) is 5.44. The summed E-state index contributed by atoms with van der Waals surface area (Å²) >= 11 is 0. The number of nitriles is 1. The molecule has 5 heteroatoms. The predicted octanol–water partition coefficient (Wildman–Crippen LogP) is 3.85. The third kappa shape index (κ3) is 4.39. The summed E-state index contributed by atoms with van der Waals surface area (Å²) in [6, 6.07) is 8.41. The van der Waals surface area contributed by atoms with E-state index in [2.05, 4.69) is 23.3 Å². The first-order valence-corrected chi connectivity index (χ1v) is 7.81. The number of halogens is 1. The van der Waals surface area contributed by atoms with Gasteiger partial charge in [0.25, 0.3) is 0 Å². The number of hydrogen-bond donors (Lipinski definition) is 0. The van der Waals surface area contributed by atoms with Crippen molar-refractivity contribution < 1.29 is 4.39 Å². The number of aromatic nitrogens is 3. The Kier molecular flexibility index (Phi) is 6.08. The lowest BCUT2D eigenvalue weighted by atomic mass is 10.1. The summed E-state index contributed by atoms with van der Waals surface area (Å²) in [6.07, 6.45) is 6.44. The highest BCUT2D eigenvalue weighted by molar-refractivity contribution is 5.30. The molecule has 116 valence electrons. The molecule has 0 N–H and O–H groups in total. The number of rotatable bonds is 8. The lowest BCUT2D eigenvalue weighted by Crippen LogP contribution is -2.07. The molecule has 0 aliphatic heterocycles. The van der Waals surface area contributed by atoms with E-state index in [4.69, 9.17) is 5.26 Å². The average Bonchev–Trinajstić information content (AvgIpc) is 2.91. The van der Waals surface area contributed by atoms with Crippen LogP contribution in [0.15, 0.2) is 24.3 Å². The number of aryl methyl sites for hydroxylation is 1. The third-order valence-corrected chi connectivity index (χ3v) is 3.70. The Morgan fingerprint density at radius 2 is 1.86 bits per heavy atom. The Morgan fingerprint density at radius 1 is 1.14 bits per heavy atom. The topological polar surface area (TPSA) is 54.5 Å². The molecule has 0 spiro atoms. The molecule has 1 aromatic heterocycles. The van der Waals surface area contributed by atoms with Gasteiger partial charge in [0.2, 0.25) is 0 Å². The molecule has 0 amide bonds. The zero-order chi connectivity index (χ0) is 15.8. The predicted molar refractivity (Wildman–Crippen MR) is 82.7 cm³/mol. The van der Waals surface area contributed by atoms with Crippen molar-refractivity contribution in [2.24, 2.45) is 0 Å². The van der Waals surface area contributed by atoms with Crippen molar-refractivity contribution in [2.75, 3.05) is 0 Å². The van der Waals surface area contributed by atoms with E-state index in [1.807, 2.05) is 4.68 Å². The van der Waals surface area contributed by atoms with Gasteiger partial charge in [-0.1, -0.05) is 50.0 Å². The summed E-state index contributed by atoms with van der Waals surface area (Å²) in [5.74, 6) is -0.258. The fourth-order valence-corrected chi connectivity index (χ4v) is 2.43. The van der Waals surface area contributed by atoms with Gasteiger partial charge in [-0.3, -0.25) is 0 Å². The molecule has 0 radical (unpaired) electrons. The van der Waals surface area contributed by atoms with Gasteiger partial charge < -0.3 is 0 Å². The highest BCUT2D eigenvalue weighted by atomic mass is 19.1. The van der Waals surface area contributed by atoms with Crippen LogP contribution in [0.5, 0.6) is 0 Å². The van der Waals surface area contributed by atoms with Gasteiger partial charge in [0.1, 0.15) is 11.9 Å². The largest absolute Gasteiger partial charge is 0.248 e. The van der Waals surface area contributed by atoms with Crippen molar-refractivity contribution in [3.8, 4) is 6.07 Å². The first-order chi connectivity index (χ1) is 10.7. The molecule has 0 unspecified atom stereocenters. The molecule has 0 saturated heterocycles. The van der Waals surface area contributed by atoms with E-state index < -0.39 is 0 Å². The van der Waals surface area contributed by atoms with Gasteiger partial charge in [-0.05, 0) is 24.1 Å². The van der Waals surface area contributed by atoms with Gasteiger partial charge in [-0.15, -0.1) is 5.10 Å². The minimum absolute atomic E-state index is 0.258. The van der Waals surface area contributed by atoms with Gasteiger partial charge in [-0.2, -0.15) is 5.26 Å². The van der Waals surface area contributed by atoms with Gasteiger partial charge in [0, 0.05) is 13.0 Å². The quantitative estimate of drug-likeness (QED) is 0.696. The summed E-state index contributed by atoms with van der Waals surface area (Å²) in [5.41, 5.74) is 2.12. The standard InChI is InChI=1S/C17H21FN4/c1-2-3-4-5-6-11-22-17(16(13-19)20-21-22)12-14-7-9-15(18)10-8-14/h7-10H,2-6,11-12H2,1H3. The SMILES string of the molecule is CCCCCCCn1nnc(C#N)c1Cc1ccc(F)cc1. The average molecular weight is 300 g/mol. The minimum Gasteiger partial charge on any atom is -0.248 e. The van der Waals surface area contributed by atoms with Gasteiger partial charge >= 0.3 is 0 Å². The molecule has 4 nitrogen and oxygen atoms in total. The Hall–Kier alpha value is -2.22. The van der Waals surface area contributed by atoms with E-state index in [0.717, 1.165) is 30.6 Å². The van der Waals surface area contributed by atoms with Crippen LogP contribution in [0.1, 0.15) is 56.0 Å². The van der Waals surface area contributed by atoms with Crippen molar-refractivity contribution in [1.29, 1.82) is 5.26 Å². The fraction of sp³-hybridized carbons (Fsp3) is 0.471.